The maximum absolute atomic E-state index is 12.8. The van der Waals surface area contributed by atoms with E-state index in [4.69, 9.17) is 40.2 Å². The second-order valence-corrected chi connectivity index (χ2v) is 24.9. The molecule has 2 saturated heterocycles. The lowest BCUT2D eigenvalue weighted by Crippen LogP contribution is -2.49. The molecule has 25 heteroatoms. The van der Waals surface area contributed by atoms with Crippen molar-refractivity contribution in [3.8, 4) is 34.0 Å². The van der Waals surface area contributed by atoms with Gasteiger partial charge in [0, 0.05) is 93.4 Å². The summed E-state index contributed by atoms with van der Waals surface area (Å²) in [5, 5.41) is 11.7. The summed E-state index contributed by atoms with van der Waals surface area (Å²) in [4.78, 5) is 30.2. The summed E-state index contributed by atoms with van der Waals surface area (Å²) in [6.07, 6.45) is 15.0. The number of para-hydroxylation sites is 1. The first kappa shape index (κ1) is 59.4. The molecule has 6 aromatic heterocycles. The van der Waals surface area contributed by atoms with Crippen LogP contribution in [0, 0.1) is 0 Å². The molecule has 0 atom stereocenters. The lowest BCUT2D eigenvalue weighted by Gasteiger charge is -2.41. The van der Waals surface area contributed by atoms with E-state index < -0.39 is 22.1 Å². The van der Waals surface area contributed by atoms with Crippen molar-refractivity contribution in [1.82, 2.24) is 63.8 Å². The molecule has 0 radical (unpaired) electrons. The van der Waals surface area contributed by atoms with Crippen LogP contribution in [0.25, 0.3) is 44.6 Å². The second-order valence-electron chi connectivity index (χ2n) is 23.2. The van der Waals surface area contributed by atoms with Gasteiger partial charge in [0.15, 0.2) is 11.3 Å². The third-order valence-electron chi connectivity index (χ3n) is 17.6. The van der Waals surface area contributed by atoms with Gasteiger partial charge in [-0.05, 0) is 120 Å². The van der Waals surface area contributed by atoms with Gasteiger partial charge in [-0.1, -0.05) is 42.5 Å². The topological polar surface area (TPSA) is 237 Å². The first-order valence-corrected chi connectivity index (χ1v) is 31.3. The number of nitrogen functional groups attached to an aromatic ring is 2. The van der Waals surface area contributed by atoms with Crippen molar-refractivity contribution in [1.29, 1.82) is 0 Å². The molecular weight excluding hydrogens is 1140 g/mol. The molecule has 0 unspecified atom stereocenters. The molecule has 4 aliphatic rings. The zero-order valence-corrected chi connectivity index (χ0v) is 49.7. The first-order chi connectivity index (χ1) is 42.1. The third kappa shape index (κ3) is 13.3. The number of alkyl halides is 3. The standard InChI is InChI=1S/C32H38N8O2.C30H35F3N8O3S/c1-37-13-15-38(16-14-37)24-9-11-25(12-10-24)40-32-29(31(33)34-22-35-32)30(36-40)23-5-2-6-26(19-23)39(20-27-7-3-17-41-27)21-28-8-4-18-42-28;1-39-13-15-40(16-14-39)22-9-11-23(12-10-22)41-29-26(28(34)35-19-36-29)27(38-41)20-6-4-7-24(17-20)44-25-8-3-2-5-21(25)18-37-45(42,43)30(31,32)33/h2-8,17-19,22,24-25H,9-16,20-21H2,1H3,(H2,33,34,35);2-8,17,19,22-23,37H,9-16,18H2,1H3,(H2,34,35,36)/t24-,25+;22-,23+. The number of nitrogens with one attached hydrogen (secondary N) is 1. The average Bonchev–Trinajstić information content (AvgIpc) is 1.72. The quantitative estimate of drug-likeness (QED) is 0.0816. The van der Waals surface area contributed by atoms with Gasteiger partial charge in [0.2, 0.25) is 0 Å². The number of rotatable bonds is 16. The fraction of sp³-hybridized carbons (Fsp3) is 0.419. The van der Waals surface area contributed by atoms with Crippen molar-refractivity contribution in [2.24, 2.45) is 0 Å². The summed E-state index contributed by atoms with van der Waals surface area (Å²) in [6, 6.07) is 31.2. The number of nitrogens with two attached hydrogens (primary N) is 2. The normalized spacial score (nSPS) is 20.4. The second kappa shape index (κ2) is 25.8. The van der Waals surface area contributed by atoms with Crippen molar-refractivity contribution in [3.05, 3.63) is 139 Å². The molecule has 458 valence electrons. The summed E-state index contributed by atoms with van der Waals surface area (Å²) in [5.41, 5.74) is 13.3. The van der Waals surface area contributed by atoms with E-state index in [0.29, 0.717) is 64.8 Å². The van der Waals surface area contributed by atoms with E-state index in [9.17, 15) is 21.6 Å². The molecule has 0 spiro atoms. The van der Waals surface area contributed by atoms with Gasteiger partial charge in [0.05, 0.1) is 48.5 Å². The summed E-state index contributed by atoms with van der Waals surface area (Å²) in [5.74, 6) is 3.11. The Balaban J connectivity index is 0.000000170. The Hall–Kier alpha value is -7.94. The molecule has 4 fully saturated rings. The van der Waals surface area contributed by atoms with Gasteiger partial charge in [-0.3, -0.25) is 9.80 Å². The highest BCUT2D eigenvalue weighted by molar-refractivity contribution is 7.90. The Bertz CT molecular complexity index is 3830. The predicted octanol–water partition coefficient (Wildman–Crippen LogP) is 9.74. The van der Waals surface area contributed by atoms with Gasteiger partial charge in [-0.2, -0.15) is 23.4 Å². The van der Waals surface area contributed by atoms with Crippen molar-refractivity contribution in [3.63, 3.8) is 0 Å². The number of nitrogens with zero attached hydrogens (tertiary/aromatic N) is 13. The zero-order chi connectivity index (χ0) is 60.2. The average molecular weight is 1210 g/mol. The number of anilines is 3. The number of aromatic nitrogens is 8. The number of ether oxygens (including phenoxy) is 1. The van der Waals surface area contributed by atoms with Crippen LogP contribution >= 0.6 is 0 Å². The van der Waals surface area contributed by atoms with Crippen LogP contribution < -0.4 is 25.8 Å². The summed E-state index contributed by atoms with van der Waals surface area (Å²) in [7, 11) is -1.13. The minimum atomic E-state index is -5.52. The van der Waals surface area contributed by atoms with Gasteiger partial charge in [0.1, 0.15) is 58.7 Å². The number of hydrogen-bond acceptors (Lipinski definition) is 18. The maximum atomic E-state index is 12.8. The molecule has 3 aromatic carbocycles. The van der Waals surface area contributed by atoms with Crippen LogP contribution in [0.2, 0.25) is 0 Å². The Morgan fingerprint density at radius 2 is 1.08 bits per heavy atom. The van der Waals surface area contributed by atoms with E-state index in [1.165, 1.54) is 25.2 Å². The molecule has 87 heavy (non-hydrogen) atoms. The van der Waals surface area contributed by atoms with Crippen molar-refractivity contribution in [2.75, 3.05) is 82.8 Å². The van der Waals surface area contributed by atoms with Gasteiger partial charge >= 0.3 is 15.5 Å². The molecule has 9 aromatic rings. The highest BCUT2D eigenvalue weighted by Gasteiger charge is 2.45. The van der Waals surface area contributed by atoms with Crippen LogP contribution in [0.3, 0.4) is 0 Å². The molecule has 13 rings (SSSR count). The van der Waals surface area contributed by atoms with Crippen LogP contribution in [-0.4, -0.2) is 152 Å². The Kier molecular flexibility index (Phi) is 17.6. The van der Waals surface area contributed by atoms with Gasteiger partial charge in [0.25, 0.3) is 0 Å². The zero-order valence-electron chi connectivity index (χ0n) is 48.8. The third-order valence-corrected chi connectivity index (χ3v) is 18.7. The number of halogens is 3. The van der Waals surface area contributed by atoms with Crippen molar-refractivity contribution < 1.29 is 35.2 Å². The van der Waals surface area contributed by atoms with E-state index in [0.717, 1.165) is 130 Å². The van der Waals surface area contributed by atoms with Crippen molar-refractivity contribution in [2.45, 2.75) is 101 Å². The molecular formula is C62H73F3N16O5S. The predicted molar refractivity (Wildman–Crippen MR) is 327 cm³/mol. The van der Waals surface area contributed by atoms with E-state index >= 15 is 0 Å². The molecule has 0 bridgehead atoms. The van der Waals surface area contributed by atoms with E-state index in [1.807, 2.05) is 35.0 Å². The number of benzene rings is 3. The van der Waals surface area contributed by atoms with E-state index in [2.05, 4.69) is 82.5 Å². The number of sulfonamides is 1. The van der Waals surface area contributed by atoms with Crippen LogP contribution in [0.1, 0.15) is 80.5 Å². The Morgan fingerprint density at radius 3 is 1.57 bits per heavy atom. The summed E-state index contributed by atoms with van der Waals surface area (Å²) in [6.45, 7) is 9.62. The minimum Gasteiger partial charge on any atom is -0.467 e. The van der Waals surface area contributed by atoms with E-state index in [-0.39, 0.29) is 23.4 Å². The smallest absolute Gasteiger partial charge is 0.467 e. The van der Waals surface area contributed by atoms with Gasteiger partial charge in [-0.15, -0.1) is 0 Å². The lowest BCUT2D eigenvalue weighted by atomic mass is 9.90. The number of piperazine rings is 2. The molecule has 21 nitrogen and oxygen atoms in total. The largest absolute Gasteiger partial charge is 0.511 e. The maximum Gasteiger partial charge on any atom is 0.511 e. The molecule has 2 saturated carbocycles. The lowest BCUT2D eigenvalue weighted by molar-refractivity contribution is -0.0448. The number of hydrogen-bond donors (Lipinski definition) is 3. The molecule has 0 amide bonds. The van der Waals surface area contributed by atoms with E-state index in [1.54, 1.807) is 60.0 Å². The monoisotopic (exact) mass is 1210 g/mol. The summed E-state index contributed by atoms with van der Waals surface area (Å²) >= 11 is 0. The number of furan rings is 2. The van der Waals surface area contributed by atoms with Crippen molar-refractivity contribution >= 4 is 49.4 Å². The fourth-order valence-corrected chi connectivity index (χ4v) is 13.2. The molecule has 2 aliphatic heterocycles. The molecule has 2 aliphatic carbocycles. The fourth-order valence-electron chi connectivity index (χ4n) is 12.7. The van der Waals surface area contributed by atoms with Crippen LogP contribution in [-0.2, 0) is 29.7 Å². The van der Waals surface area contributed by atoms with Gasteiger partial charge < -0.3 is 39.7 Å². The Morgan fingerprint density at radius 1 is 0.598 bits per heavy atom. The Labute approximate surface area is 503 Å². The number of likely N-dealkylation sites (N-methyl/N-ethyl adjacent to an activating group) is 2. The first-order valence-electron chi connectivity index (χ1n) is 29.8. The number of fused-ring (bicyclic) bond motifs is 2. The minimum absolute atomic E-state index is 0.158. The summed E-state index contributed by atoms with van der Waals surface area (Å²) < 4.78 is 84.7. The highest BCUT2D eigenvalue weighted by atomic mass is 32.2. The van der Waals surface area contributed by atoms with Crippen LogP contribution in [0.4, 0.5) is 30.5 Å². The molecule has 8 heterocycles. The van der Waals surface area contributed by atoms with Crippen LogP contribution in [0.5, 0.6) is 11.5 Å². The SMILES string of the molecule is CN1CCN([C@H]2CC[C@@H](n3nc(-c4cccc(N(Cc5ccco5)Cc5ccco5)c4)c4c(N)ncnc43)CC2)CC1.CN1CCN([C@H]2CC[C@@H](n3nc(-c4cccc(Oc5ccccc5CNS(=O)(=O)C(F)(F)F)c4)c4c(N)ncnc43)CC2)CC1. The van der Waals surface area contributed by atoms with Gasteiger partial charge in [-0.25, -0.2) is 42.4 Å². The highest BCUT2D eigenvalue weighted by Crippen LogP contribution is 2.41. The van der Waals surface area contributed by atoms with Crippen LogP contribution in [0.15, 0.2) is 131 Å². The molecule has 5 N–H and O–H groups in total.